The maximum absolute atomic E-state index is 15.0. The lowest BCUT2D eigenvalue weighted by atomic mass is 9.83. The summed E-state index contributed by atoms with van der Waals surface area (Å²) >= 11 is 0. The second-order valence-corrected chi connectivity index (χ2v) is 16.5. The van der Waals surface area contributed by atoms with Gasteiger partial charge in [0.25, 0.3) is 11.5 Å². The quantitative estimate of drug-likeness (QED) is 0.335. The van der Waals surface area contributed by atoms with Gasteiger partial charge in [-0.3, -0.25) is 24.1 Å². The average Bonchev–Trinajstić information content (AvgIpc) is 3.49. The number of nitrogens with two attached hydrogens (primary N) is 1. The van der Waals surface area contributed by atoms with Gasteiger partial charge in [-0.1, -0.05) is 43.5 Å². The molecule has 13 heteroatoms. The zero-order chi connectivity index (χ0) is 38.1. The summed E-state index contributed by atoms with van der Waals surface area (Å²) in [5, 5.41) is 7.99. The lowest BCUT2D eigenvalue weighted by Crippen LogP contribution is -2.56. The minimum absolute atomic E-state index is 0.0124. The van der Waals surface area contributed by atoms with Gasteiger partial charge in [0.05, 0.1) is 41.4 Å². The van der Waals surface area contributed by atoms with Crippen molar-refractivity contribution in [3.63, 3.8) is 0 Å². The largest absolute Gasteiger partial charge is 0.375 e. The monoisotopic (exact) mass is 755 g/mol. The number of hydrogen-bond donors (Lipinski definition) is 2. The molecular formula is C42H54FN7O5. The number of fused-ring (bicyclic) bond motifs is 3. The number of amides is 3. The molecule has 3 atom stereocenters. The SMILES string of the molecule is N[C@@H](C(=O)N1C2CCC1CC(OC1CCN(CC(=O)N3CCN(C(=O)c4cc(Cc5n[nH]c(=O)c6ccccc56)ccc4F)CC3)CC1)C2)C1CCCCC1. The summed E-state index contributed by atoms with van der Waals surface area (Å²) < 4.78 is 21.7. The van der Waals surface area contributed by atoms with E-state index in [-0.39, 0.29) is 53.3 Å². The van der Waals surface area contributed by atoms with E-state index in [0.717, 1.165) is 64.5 Å². The maximum atomic E-state index is 15.0. The van der Waals surface area contributed by atoms with E-state index in [1.807, 2.05) is 12.1 Å². The van der Waals surface area contributed by atoms with Crippen LogP contribution in [0, 0.1) is 11.7 Å². The van der Waals surface area contributed by atoms with Crippen molar-refractivity contribution in [2.24, 2.45) is 11.7 Å². The van der Waals surface area contributed by atoms with Crippen LogP contribution in [0.3, 0.4) is 0 Å². The molecule has 0 radical (unpaired) electrons. The maximum Gasteiger partial charge on any atom is 0.272 e. The molecule has 5 fully saturated rings. The Bertz CT molecular complexity index is 1920. The first-order valence-corrected chi connectivity index (χ1v) is 20.5. The number of carbonyl (C=O) groups is 3. The van der Waals surface area contributed by atoms with Gasteiger partial charge in [0.1, 0.15) is 5.82 Å². The summed E-state index contributed by atoms with van der Waals surface area (Å²) in [7, 11) is 0. The van der Waals surface area contributed by atoms with Gasteiger partial charge < -0.3 is 25.2 Å². The topological polar surface area (TPSA) is 145 Å². The lowest BCUT2D eigenvalue weighted by Gasteiger charge is -2.43. The van der Waals surface area contributed by atoms with Gasteiger partial charge >= 0.3 is 0 Å². The summed E-state index contributed by atoms with van der Waals surface area (Å²) in [6, 6.07) is 11.8. The molecule has 4 saturated heterocycles. The number of rotatable bonds is 9. The lowest BCUT2D eigenvalue weighted by molar-refractivity contribution is -0.144. The summed E-state index contributed by atoms with van der Waals surface area (Å²) in [4.78, 5) is 60.3. The number of aromatic nitrogens is 2. The second kappa shape index (κ2) is 16.5. The first-order chi connectivity index (χ1) is 26.7. The molecule has 1 aliphatic carbocycles. The van der Waals surface area contributed by atoms with Crippen LogP contribution in [0.15, 0.2) is 47.3 Å². The molecule has 55 heavy (non-hydrogen) atoms. The average molecular weight is 756 g/mol. The molecule has 3 amide bonds. The van der Waals surface area contributed by atoms with Crippen LogP contribution < -0.4 is 11.3 Å². The molecule has 1 aromatic heterocycles. The number of nitrogens with zero attached hydrogens (tertiary/aromatic N) is 5. The van der Waals surface area contributed by atoms with E-state index < -0.39 is 11.7 Å². The molecule has 3 aromatic rings. The standard InChI is InChI=1S/C42H54FN7O5/c43-36-13-10-27(23-37-33-8-4-5-9-34(33)40(52)46-45-37)22-35(36)41(53)49-20-18-48(19-21-49)38(51)26-47-16-14-31(15-17-47)55-32-24-29-11-12-30(25-32)50(29)42(54)39(44)28-6-2-1-3-7-28/h4-5,8-10,13,22,28-32,39H,1-3,6-7,11-12,14-21,23-26,44H2,(H,46,52)/t29?,30?,32?,39-/m1/s1. The van der Waals surface area contributed by atoms with Crippen LogP contribution in [0.5, 0.6) is 0 Å². The summed E-state index contributed by atoms with van der Waals surface area (Å²) in [5.41, 5.74) is 7.60. The number of carbonyl (C=O) groups excluding carboxylic acids is 3. The zero-order valence-corrected chi connectivity index (χ0v) is 31.7. The number of nitrogens with one attached hydrogen (secondary N) is 1. The van der Waals surface area contributed by atoms with Gasteiger partial charge in [-0.05, 0) is 81.0 Å². The van der Waals surface area contributed by atoms with Crippen LogP contribution >= 0.6 is 0 Å². The van der Waals surface area contributed by atoms with Gasteiger partial charge in [0.2, 0.25) is 11.8 Å². The number of piperidine rings is 2. The Morgan fingerprint density at radius 2 is 1.51 bits per heavy atom. The highest BCUT2D eigenvalue weighted by Gasteiger charge is 2.46. The van der Waals surface area contributed by atoms with E-state index in [0.29, 0.717) is 67.1 Å². The Kier molecular flexibility index (Phi) is 11.3. The molecule has 294 valence electrons. The van der Waals surface area contributed by atoms with Gasteiger partial charge in [-0.2, -0.15) is 5.10 Å². The molecule has 4 aliphatic heterocycles. The van der Waals surface area contributed by atoms with E-state index in [1.54, 1.807) is 34.1 Å². The highest BCUT2D eigenvalue weighted by atomic mass is 19.1. The van der Waals surface area contributed by atoms with Gasteiger partial charge in [0, 0.05) is 63.2 Å². The number of H-pyrrole nitrogens is 1. The Balaban J connectivity index is 0.775. The van der Waals surface area contributed by atoms with Crippen molar-refractivity contribution in [2.45, 2.75) is 107 Å². The fourth-order valence-corrected chi connectivity index (χ4v) is 9.91. The number of hydrogen-bond acceptors (Lipinski definition) is 8. The molecule has 1 saturated carbocycles. The van der Waals surface area contributed by atoms with Gasteiger partial charge in [-0.15, -0.1) is 0 Å². The van der Waals surface area contributed by atoms with Crippen molar-refractivity contribution in [3.8, 4) is 0 Å². The number of likely N-dealkylation sites (tertiary alicyclic amines) is 1. The summed E-state index contributed by atoms with van der Waals surface area (Å²) in [6.07, 6.45) is 12.0. The second-order valence-electron chi connectivity index (χ2n) is 16.5. The molecule has 5 heterocycles. The fourth-order valence-electron chi connectivity index (χ4n) is 9.91. The highest BCUT2D eigenvalue weighted by Crippen LogP contribution is 2.39. The van der Waals surface area contributed by atoms with Crippen LogP contribution in [-0.4, -0.2) is 124 Å². The Morgan fingerprint density at radius 1 is 0.836 bits per heavy atom. The molecule has 8 rings (SSSR count). The Labute approximate surface area is 321 Å². The molecular weight excluding hydrogens is 702 g/mol. The first kappa shape index (κ1) is 37.7. The van der Waals surface area contributed by atoms with Crippen molar-refractivity contribution < 1.29 is 23.5 Å². The molecule has 5 aliphatic rings. The molecule has 0 spiro atoms. The van der Waals surface area contributed by atoms with Crippen molar-refractivity contribution in [1.82, 2.24) is 29.8 Å². The first-order valence-electron chi connectivity index (χ1n) is 20.5. The Hall–Kier alpha value is -4.20. The van der Waals surface area contributed by atoms with Crippen molar-refractivity contribution in [1.29, 1.82) is 0 Å². The van der Waals surface area contributed by atoms with Crippen molar-refractivity contribution in [2.75, 3.05) is 45.8 Å². The minimum atomic E-state index is -0.596. The van der Waals surface area contributed by atoms with E-state index >= 15 is 4.39 Å². The number of halogens is 1. The predicted octanol–water partition coefficient (Wildman–Crippen LogP) is 3.85. The molecule has 2 bridgehead atoms. The zero-order valence-electron chi connectivity index (χ0n) is 31.7. The third kappa shape index (κ3) is 8.20. The molecule has 2 aromatic carbocycles. The van der Waals surface area contributed by atoms with Crippen LogP contribution in [0.1, 0.15) is 92.2 Å². The third-order valence-corrected chi connectivity index (χ3v) is 13.0. The van der Waals surface area contributed by atoms with Crippen LogP contribution in [0.2, 0.25) is 0 Å². The molecule has 3 N–H and O–H groups in total. The van der Waals surface area contributed by atoms with Crippen LogP contribution in [0.25, 0.3) is 10.8 Å². The fraction of sp³-hybridized carbons (Fsp3) is 0.595. The number of piperazine rings is 1. The third-order valence-electron chi connectivity index (χ3n) is 13.0. The normalized spacial score (nSPS) is 24.7. The predicted molar refractivity (Wildman–Crippen MR) is 206 cm³/mol. The van der Waals surface area contributed by atoms with Crippen molar-refractivity contribution >= 4 is 28.5 Å². The summed E-state index contributed by atoms with van der Waals surface area (Å²) in [6.45, 7) is 3.35. The van der Waals surface area contributed by atoms with E-state index in [2.05, 4.69) is 20.0 Å². The van der Waals surface area contributed by atoms with Crippen molar-refractivity contribution in [3.05, 3.63) is 75.5 Å². The summed E-state index contributed by atoms with van der Waals surface area (Å²) in [5.74, 6) is -0.472. The van der Waals surface area contributed by atoms with E-state index in [1.165, 1.54) is 25.3 Å². The van der Waals surface area contributed by atoms with E-state index in [9.17, 15) is 19.2 Å². The highest BCUT2D eigenvalue weighted by molar-refractivity contribution is 5.95. The number of benzene rings is 2. The number of ether oxygens (including phenoxy) is 1. The molecule has 2 unspecified atom stereocenters. The van der Waals surface area contributed by atoms with E-state index in [4.69, 9.17) is 10.5 Å². The van der Waals surface area contributed by atoms with Gasteiger partial charge in [-0.25, -0.2) is 9.49 Å². The smallest absolute Gasteiger partial charge is 0.272 e. The number of aromatic amines is 1. The van der Waals surface area contributed by atoms with Crippen LogP contribution in [-0.2, 0) is 20.7 Å². The molecule has 12 nitrogen and oxygen atoms in total. The Morgan fingerprint density at radius 3 is 2.22 bits per heavy atom. The minimum Gasteiger partial charge on any atom is -0.375 e. The van der Waals surface area contributed by atoms with Gasteiger partial charge in [0.15, 0.2) is 0 Å². The van der Waals surface area contributed by atoms with Crippen LogP contribution in [0.4, 0.5) is 4.39 Å².